The van der Waals surface area contributed by atoms with Gasteiger partial charge in [0.15, 0.2) is 0 Å². The lowest BCUT2D eigenvalue weighted by molar-refractivity contribution is 0.270. The molecule has 74 valence electrons. The van der Waals surface area contributed by atoms with Crippen molar-refractivity contribution < 1.29 is 0 Å². The number of hydrogen-bond donors (Lipinski definition) is 0. The van der Waals surface area contributed by atoms with E-state index in [1.54, 1.807) is 6.33 Å². The summed E-state index contributed by atoms with van der Waals surface area (Å²) in [6.07, 6.45) is 11.9. The summed E-state index contributed by atoms with van der Waals surface area (Å²) >= 11 is 0. The Morgan fingerprint density at radius 3 is 3.07 bits per heavy atom. The van der Waals surface area contributed by atoms with Gasteiger partial charge in [-0.15, -0.1) is 0 Å². The van der Waals surface area contributed by atoms with Crippen molar-refractivity contribution in [2.45, 2.75) is 44.4 Å². The van der Waals surface area contributed by atoms with E-state index >= 15 is 0 Å². The Hall–Kier alpha value is -0.920. The van der Waals surface area contributed by atoms with Crippen molar-refractivity contribution in [3.8, 4) is 0 Å². The lowest BCUT2D eigenvalue weighted by Gasteiger charge is -2.35. The molecule has 1 aromatic rings. The minimum absolute atomic E-state index is 0.760. The minimum atomic E-state index is 0.760. The number of hydrogen-bond acceptors (Lipinski definition) is 2. The van der Waals surface area contributed by atoms with Crippen LogP contribution in [0.3, 0.4) is 0 Å². The number of nitrogens with zero attached hydrogens (tertiary/aromatic N) is 2. The highest BCUT2D eigenvalue weighted by Gasteiger charge is 2.32. The Kier molecular flexibility index (Phi) is 2.00. The number of aromatic nitrogens is 2. The van der Waals surface area contributed by atoms with Gasteiger partial charge in [0.05, 0.1) is 5.69 Å². The number of rotatable bonds is 0. The van der Waals surface area contributed by atoms with Crippen LogP contribution in [0.1, 0.15) is 49.3 Å². The van der Waals surface area contributed by atoms with Gasteiger partial charge in [-0.1, -0.05) is 12.8 Å². The molecule has 2 atom stereocenters. The van der Waals surface area contributed by atoms with Crippen LogP contribution in [0.2, 0.25) is 0 Å². The van der Waals surface area contributed by atoms with Crippen LogP contribution < -0.4 is 0 Å². The van der Waals surface area contributed by atoms with Crippen LogP contribution in [0.15, 0.2) is 12.5 Å². The average Bonchev–Trinajstić information content (AvgIpc) is 2.29. The lowest BCUT2D eigenvalue weighted by Crippen LogP contribution is -2.25. The highest BCUT2D eigenvalue weighted by Crippen LogP contribution is 2.43. The Bertz CT molecular complexity index is 335. The molecule has 0 N–H and O–H groups in total. The molecule has 1 unspecified atom stereocenters. The maximum atomic E-state index is 4.49. The van der Waals surface area contributed by atoms with Crippen molar-refractivity contribution in [2.24, 2.45) is 5.92 Å². The van der Waals surface area contributed by atoms with Crippen LogP contribution in [-0.4, -0.2) is 9.97 Å². The highest BCUT2D eigenvalue weighted by atomic mass is 14.8. The van der Waals surface area contributed by atoms with E-state index in [1.807, 2.05) is 6.20 Å². The molecule has 0 bridgehead atoms. The SMILES string of the molecule is c1ncc2c(n1)C1CCCC[C@@H]1CC2. The minimum Gasteiger partial charge on any atom is -0.245 e. The maximum absolute atomic E-state index is 4.49. The first kappa shape index (κ1) is 8.39. The molecule has 0 amide bonds. The van der Waals surface area contributed by atoms with Crippen LogP contribution >= 0.6 is 0 Å². The van der Waals surface area contributed by atoms with Gasteiger partial charge in [0.25, 0.3) is 0 Å². The van der Waals surface area contributed by atoms with Crippen LogP contribution in [0.5, 0.6) is 0 Å². The van der Waals surface area contributed by atoms with Gasteiger partial charge >= 0.3 is 0 Å². The number of fused-ring (bicyclic) bond motifs is 3. The summed E-state index contributed by atoms with van der Waals surface area (Å²) in [4.78, 5) is 8.62. The first-order chi connectivity index (χ1) is 6.95. The molecule has 1 fully saturated rings. The van der Waals surface area contributed by atoms with Crippen LogP contribution in [-0.2, 0) is 6.42 Å². The van der Waals surface area contributed by atoms with Gasteiger partial charge in [0, 0.05) is 12.1 Å². The normalized spacial score (nSPS) is 30.6. The largest absolute Gasteiger partial charge is 0.245 e. The molecule has 1 aromatic heterocycles. The molecule has 3 rings (SSSR count). The van der Waals surface area contributed by atoms with Crippen molar-refractivity contribution in [1.82, 2.24) is 9.97 Å². The van der Waals surface area contributed by atoms with Crippen molar-refractivity contribution in [3.63, 3.8) is 0 Å². The molecule has 0 saturated heterocycles. The quantitative estimate of drug-likeness (QED) is 0.625. The molecule has 2 nitrogen and oxygen atoms in total. The molecule has 2 aliphatic carbocycles. The fourth-order valence-electron chi connectivity index (χ4n) is 3.15. The first-order valence-electron chi connectivity index (χ1n) is 5.74. The van der Waals surface area contributed by atoms with Gasteiger partial charge in [-0.2, -0.15) is 0 Å². The van der Waals surface area contributed by atoms with Crippen LogP contribution in [0.4, 0.5) is 0 Å². The van der Waals surface area contributed by atoms with Crippen molar-refractivity contribution >= 4 is 0 Å². The molecule has 14 heavy (non-hydrogen) atoms. The van der Waals surface area contributed by atoms with E-state index in [4.69, 9.17) is 0 Å². The third-order valence-electron chi connectivity index (χ3n) is 3.87. The van der Waals surface area contributed by atoms with E-state index in [0.717, 1.165) is 11.8 Å². The Morgan fingerprint density at radius 1 is 1.14 bits per heavy atom. The molecule has 1 heterocycles. The predicted octanol–water partition coefficient (Wildman–Crippen LogP) is 2.70. The standard InChI is InChI=1S/C12H16N2/c1-2-4-11-9(3-1)5-6-10-7-13-8-14-12(10)11/h7-9,11H,1-6H2/t9-,11?/m1/s1. The van der Waals surface area contributed by atoms with Crippen LogP contribution in [0, 0.1) is 5.92 Å². The van der Waals surface area contributed by atoms with Gasteiger partial charge in [-0.3, -0.25) is 0 Å². The number of aryl methyl sites for hydroxylation is 1. The predicted molar refractivity (Wildman–Crippen MR) is 55.1 cm³/mol. The molecule has 1 saturated carbocycles. The smallest absolute Gasteiger partial charge is 0.115 e. The van der Waals surface area contributed by atoms with Gasteiger partial charge < -0.3 is 0 Å². The Morgan fingerprint density at radius 2 is 2.07 bits per heavy atom. The molecular weight excluding hydrogens is 172 g/mol. The zero-order valence-corrected chi connectivity index (χ0v) is 8.45. The molecule has 2 heteroatoms. The Labute approximate surface area is 84.8 Å². The summed E-state index contributed by atoms with van der Waals surface area (Å²) in [6.45, 7) is 0. The fraction of sp³-hybridized carbons (Fsp3) is 0.667. The highest BCUT2D eigenvalue weighted by molar-refractivity contribution is 5.24. The maximum Gasteiger partial charge on any atom is 0.115 e. The van der Waals surface area contributed by atoms with Gasteiger partial charge in [-0.05, 0) is 37.2 Å². The summed E-state index contributed by atoms with van der Waals surface area (Å²) < 4.78 is 0. The first-order valence-corrected chi connectivity index (χ1v) is 5.74. The average molecular weight is 188 g/mol. The third kappa shape index (κ3) is 1.24. The van der Waals surface area contributed by atoms with Gasteiger partial charge in [0.1, 0.15) is 6.33 Å². The van der Waals surface area contributed by atoms with E-state index in [9.17, 15) is 0 Å². The molecule has 0 aromatic carbocycles. The van der Waals surface area contributed by atoms with E-state index in [-0.39, 0.29) is 0 Å². The summed E-state index contributed by atoms with van der Waals surface area (Å²) in [5, 5.41) is 0. The third-order valence-corrected chi connectivity index (χ3v) is 3.87. The van der Waals surface area contributed by atoms with Crippen LogP contribution in [0.25, 0.3) is 0 Å². The molecule has 2 aliphatic rings. The second-order valence-corrected chi connectivity index (χ2v) is 4.62. The molecule has 0 spiro atoms. The monoisotopic (exact) mass is 188 g/mol. The van der Waals surface area contributed by atoms with Crippen molar-refractivity contribution in [1.29, 1.82) is 0 Å². The topological polar surface area (TPSA) is 25.8 Å². The zero-order chi connectivity index (χ0) is 9.38. The summed E-state index contributed by atoms with van der Waals surface area (Å²) in [5.74, 6) is 1.68. The molecule has 0 radical (unpaired) electrons. The van der Waals surface area contributed by atoms with E-state index < -0.39 is 0 Å². The van der Waals surface area contributed by atoms with E-state index in [1.165, 1.54) is 49.8 Å². The molecular formula is C12H16N2. The summed E-state index contributed by atoms with van der Waals surface area (Å²) in [5.41, 5.74) is 2.78. The van der Waals surface area contributed by atoms with Crippen molar-refractivity contribution in [3.05, 3.63) is 23.8 Å². The summed E-state index contributed by atoms with van der Waals surface area (Å²) in [6, 6.07) is 0. The second-order valence-electron chi connectivity index (χ2n) is 4.62. The fourth-order valence-corrected chi connectivity index (χ4v) is 3.15. The second kappa shape index (κ2) is 3.34. The zero-order valence-electron chi connectivity index (χ0n) is 8.45. The van der Waals surface area contributed by atoms with Gasteiger partial charge in [-0.25, -0.2) is 9.97 Å². The van der Waals surface area contributed by atoms with E-state index in [0.29, 0.717) is 0 Å². The summed E-state index contributed by atoms with van der Waals surface area (Å²) in [7, 11) is 0. The van der Waals surface area contributed by atoms with Gasteiger partial charge in [0.2, 0.25) is 0 Å². The van der Waals surface area contributed by atoms with Crippen molar-refractivity contribution in [2.75, 3.05) is 0 Å². The molecule has 0 aliphatic heterocycles. The lowest BCUT2D eigenvalue weighted by atomic mass is 9.70. The van der Waals surface area contributed by atoms with E-state index in [2.05, 4.69) is 9.97 Å². The Balaban J connectivity index is 1.99.